The third kappa shape index (κ3) is 3.67. The predicted molar refractivity (Wildman–Crippen MR) is 68.2 cm³/mol. The Kier molecular flexibility index (Phi) is 5.54. The topological polar surface area (TPSA) is 61.8 Å². The lowest BCUT2D eigenvalue weighted by Crippen LogP contribution is -2.16. The summed E-state index contributed by atoms with van der Waals surface area (Å²) in [5.74, 6) is -0.280. The van der Waals surface area contributed by atoms with Crippen LogP contribution in [0, 0.1) is 0 Å². The van der Waals surface area contributed by atoms with Gasteiger partial charge < -0.3 is 13.8 Å². The van der Waals surface area contributed by atoms with Crippen LogP contribution < -0.4 is 10.0 Å². The van der Waals surface area contributed by atoms with Crippen molar-refractivity contribution in [2.45, 2.75) is 20.8 Å². The Bertz CT molecular complexity index is 448. The van der Waals surface area contributed by atoms with Crippen molar-refractivity contribution in [3.8, 4) is 5.75 Å². The Labute approximate surface area is 107 Å². The van der Waals surface area contributed by atoms with Gasteiger partial charge in [0.15, 0.2) is 0 Å². The highest BCUT2D eigenvalue weighted by Gasteiger charge is 2.30. The van der Waals surface area contributed by atoms with E-state index in [0.29, 0.717) is 0 Å². The third-order valence-electron chi connectivity index (χ3n) is 2.01. The second kappa shape index (κ2) is 6.69. The quantitative estimate of drug-likeness (QED) is 0.452. The molecule has 0 aliphatic rings. The normalized spacial score (nSPS) is 11.3. The predicted octanol–water partition coefficient (Wildman–Crippen LogP) is 2.50. The van der Waals surface area contributed by atoms with E-state index in [0.717, 1.165) is 0 Å². The lowest BCUT2D eigenvalue weighted by molar-refractivity contribution is -0.131. The average molecular weight is 272 g/mol. The maximum Gasteiger partial charge on any atom is 0.365 e. The van der Waals surface area contributed by atoms with Gasteiger partial charge >= 0.3 is 13.6 Å². The molecule has 0 aliphatic carbocycles. The fraction of sp³-hybridized carbons (Fsp3) is 0.417. The maximum absolute atomic E-state index is 12.6. The van der Waals surface area contributed by atoms with E-state index in [1.807, 2.05) is 0 Å². The van der Waals surface area contributed by atoms with E-state index < -0.39 is 13.6 Å². The molecule has 0 aromatic heterocycles. The van der Waals surface area contributed by atoms with Gasteiger partial charge in [0.1, 0.15) is 11.1 Å². The molecule has 0 radical (unpaired) electrons. The van der Waals surface area contributed by atoms with Crippen LogP contribution in [0.1, 0.15) is 20.8 Å². The number of esters is 1. The van der Waals surface area contributed by atoms with Crippen molar-refractivity contribution >= 4 is 18.9 Å². The van der Waals surface area contributed by atoms with Gasteiger partial charge in [0.05, 0.1) is 13.2 Å². The Morgan fingerprint density at radius 1 is 1.17 bits per heavy atom. The van der Waals surface area contributed by atoms with Crippen molar-refractivity contribution in [1.29, 1.82) is 0 Å². The number of ether oxygens (including phenoxy) is 1. The summed E-state index contributed by atoms with van der Waals surface area (Å²) in [4.78, 5) is 11.0. The highest BCUT2D eigenvalue weighted by atomic mass is 31.2. The SMILES string of the molecule is CCOP(=O)(OCC)c1ccccc1OC(C)=O. The standard InChI is InChI=1S/C12H17O5P/c1-4-15-18(14,16-5-2)12-9-7-6-8-11(12)17-10(3)13/h6-9H,4-5H2,1-3H3. The van der Waals surface area contributed by atoms with Gasteiger partial charge in [-0.15, -0.1) is 0 Å². The molecule has 0 bridgehead atoms. The zero-order valence-electron chi connectivity index (χ0n) is 10.7. The first-order chi connectivity index (χ1) is 8.53. The Balaban J connectivity index is 3.19. The zero-order chi connectivity index (χ0) is 13.6. The smallest absolute Gasteiger partial charge is 0.365 e. The Hall–Kier alpha value is -1.16. The van der Waals surface area contributed by atoms with Crippen LogP contribution in [0.3, 0.4) is 0 Å². The Morgan fingerprint density at radius 3 is 2.22 bits per heavy atom. The summed E-state index contributed by atoms with van der Waals surface area (Å²) < 4.78 is 28.0. The lowest BCUT2D eigenvalue weighted by atomic mass is 10.3. The van der Waals surface area contributed by atoms with E-state index in [1.165, 1.54) is 6.92 Å². The summed E-state index contributed by atoms with van der Waals surface area (Å²) in [6.45, 7) is 5.21. The van der Waals surface area contributed by atoms with Gasteiger partial charge in [-0.25, -0.2) is 0 Å². The third-order valence-corrected chi connectivity index (χ3v) is 4.17. The van der Waals surface area contributed by atoms with E-state index in [1.54, 1.807) is 38.1 Å². The molecule has 0 aliphatic heterocycles. The molecule has 0 heterocycles. The molecule has 0 fully saturated rings. The van der Waals surface area contributed by atoms with Crippen LogP contribution in [0.2, 0.25) is 0 Å². The average Bonchev–Trinajstić information content (AvgIpc) is 2.29. The maximum atomic E-state index is 12.6. The zero-order valence-corrected chi connectivity index (χ0v) is 11.6. The Morgan fingerprint density at radius 2 is 1.72 bits per heavy atom. The first-order valence-corrected chi connectivity index (χ1v) is 7.25. The molecular weight excluding hydrogens is 255 g/mol. The van der Waals surface area contributed by atoms with Gasteiger partial charge in [-0.2, -0.15) is 0 Å². The molecule has 100 valence electrons. The first kappa shape index (κ1) is 14.9. The van der Waals surface area contributed by atoms with Crippen molar-refractivity contribution in [2.24, 2.45) is 0 Å². The summed E-state index contributed by atoms with van der Waals surface area (Å²) in [5.41, 5.74) is 0. The van der Waals surface area contributed by atoms with Crippen LogP contribution in [-0.4, -0.2) is 19.2 Å². The number of hydrogen-bond donors (Lipinski definition) is 0. The number of para-hydroxylation sites is 1. The number of rotatable bonds is 6. The van der Waals surface area contributed by atoms with E-state index >= 15 is 0 Å². The molecule has 0 saturated carbocycles. The van der Waals surface area contributed by atoms with Crippen LogP contribution in [-0.2, 0) is 18.4 Å². The fourth-order valence-corrected chi connectivity index (χ4v) is 3.13. The van der Waals surface area contributed by atoms with Crippen molar-refractivity contribution in [3.63, 3.8) is 0 Å². The van der Waals surface area contributed by atoms with Gasteiger partial charge in [-0.05, 0) is 26.0 Å². The second-order valence-corrected chi connectivity index (χ2v) is 5.39. The summed E-state index contributed by atoms with van der Waals surface area (Å²) in [6.07, 6.45) is 0. The minimum atomic E-state index is -3.44. The minimum absolute atomic E-state index is 0.204. The summed E-state index contributed by atoms with van der Waals surface area (Å²) in [6, 6.07) is 6.50. The molecule has 0 saturated heterocycles. The molecule has 1 aromatic rings. The highest BCUT2D eigenvalue weighted by molar-refractivity contribution is 7.62. The first-order valence-electron chi connectivity index (χ1n) is 5.70. The number of benzene rings is 1. The molecule has 0 spiro atoms. The van der Waals surface area contributed by atoms with Gasteiger partial charge in [-0.1, -0.05) is 12.1 Å². The van der Waals surface area contributed by atoms with Crippen LogP contribution >= 0.6 is 7.60 Å². The van der Waals surface area contributed by atoms with Crippen molar-refractivity contribution in [2.75, 3.05) is 13.2 Å². The molecule has 0 N–H and O–H groups in total. The van der Waals surface area contributed by atoms with Crippen LogP contribution in [0.25, 0.3) is 0 Å². The van der Waals surface area contributed by atoms with Crippen molar-refractivity contribution in [3.05, 3.63) is 24.3 Å². The molecule has 5 nitrogen and oxygen atoms in total. The summed E-state index contributed by atoms with van der Waals surface area (Å²) in [5, 5.41) is 0.268. The van der Waals surface area contributed by atoms with Gasteiger partial charge in [-0.3, -0.25) is 9.36 Å². The van der Waals surface area contributed by atoms with Crippen LogP contribution in [0.5, 0.6) is 5.75 Å². The number of hydrogen-bond acceptors (Lipinski definition) is 5. The van der Waals surface area contributed by atoms with Gasteiger partial charge in [0, 0.05) is 6.92 Å². The van der Waals surface area contributed by atoms with E-state index in [9.17, 15) is 9.36 Å². The van der Waals surface area contributed by atoms with Gasteiger partial charge in [0.25, 0.3) is 0 Å². The van der Waals surface area contributed by atoms with E-state index in [4.69, 9.17) is 13.8 Å². The number of carbonyl (C=O) groups excluding carboxylic acids is 1. The van der Waals surface area contributed by atoms with Crippen molar-refractivity contribution in [1.82, 2.24) is 0 Å². The lowest BCUT2D eigenvalue weighted by Gasteiger charge is -2.19. The molecule has 1 rings (SSSR count). The summed E-state index contributed by atoms with van der Waals surface area (Å²) in [7, 11) is -3.44. The monoisotopic (exact) mass is 272 g/mol. The van der Waals surface area contributed by atoms with E-state index in [-0.39, 0.29) is 24.3 Å². The van der Waals surface area contributed by atoms with Crippen LogP contribution in [0.4, 0.5) is 0 Å². The molecule has 0 unspecified atom stereocenters. The fourth-order valence-electron chi connectivity index (χ4n) is 1.44. The molecule has 18 heavy (non-hydrogen) atoms. The summed E-state index contributed by atoms with van der Waals surface area (Å²) >= 11 is 0. The molecule has 0 amide bonds. The van der Waals surface area contributed by atoms with Crippen molar-refractivity contribution < 1.29 is 23.1 Å². The highest BCUT2D eigenvalue weighted by Crippen LogP contribution is 2.49. The van der Waals surface area contributed by atoms with Gasteiger partial charge in [0.2, 0.25) is 0 Å². The number of carbonyl (C=O) groups is 1. The molecule has 1 aromatic carbocycles. The molecule has 0 atom stereocenters. The molecule has 6 heteroatoms. The van der Waals surface area contributed by atoms with E-state index in [2.05, 4.69) is 0 Å². The minimum Gasteiger partial charge on any atom is -0.426 e. The second-order valence-electron chi connectivity index (χ2n) is 3.39. The largest absolute Gasteiger partial charge is 0.426 e. The van der Waals surface area contributed by atoms with Crippen LogP contribution in [0.15, 0.2) is 24.3 Å². The molecular formula is C12H17O5P.